The molecule has 2 saturated heterocycles. The normalized spacial score (nSPS) is 24.5. The van der Waals surface area contributed by atoms with Crippen molar-refractivity contribution in [3.63, 3.8) is 0 Å². The molecule has 2 nitrogen and oxygen atoms in total. The van der Waals surface area contributed by atoms with E-state index in [-0.39, 0.29) is 18.9 Å². The lowest BCUT2D eigenvalue weighted by Crippen LogP contribution is -2.41. The number of likely N-dealkylation sites (tertiary alicyclic amines) is 2. The van der Waals surface area contributed by atoms with Crippen LogP contribution in [0.5, 0.6) is 0 Å². The SMILES string of the molecule is CC1CCN(C(C)CC(F)(F)F)CC1.CCCN1CCC(F)(F)CC1. The van der Waals surface area contributed by atoms with E-state index >= 15 is 0 Å². The summed E-state index contributed by atoms with van der Waals surface area (Å²) >= 11 is 0. The Hall–Kier alpha value is -0.430. The van der Waals surface area contributed by atoms with Gasteiger partial charge in [-0.1, -0.05) is 13.8 Å². The summed E-state index contributed by atoms with van der Waals surface area (Å²) in [5, 5.41) is 0. The zero-order valence-electron chi connectivity index (χ0n) is 15.7. The van der Waals surface area contributed by atoms with Crippen molar-refractivity contribution < 1.29 is 22.0 Å². The lowest BCUT2D eigenvalue weighted by atomic mass is 9.97. The van der Waals surface area contributed by atoms with E-state index in [1.807, 2.05) is 4.90 Å². The van der Waals surface area contributed by atoms with Gasteiger partial charge in [-0.25, -0.2) is 8.78 Å². The average Bonchev–Trinajstić information content (AvgIpc) is 2.49. The minimum absolute atomic E-state index is 0.0486. The topological polar surface area (TPSA) is 6.48 Å². The van der Waals surface area contributed by atoms with E-state index in [1.165, 1.54) is 0 Å². The Morgan fingerprint density at radius 1 is 1.04 bits per heavy atom. The molecule has 0 aromatic heterocycles. The van der Waals surface area contributed by atoms with Crippen LogP contribution in [0.3, 0.4) is 0 Å². The highest BCUT2D eigenvalue weighted by Crippen LogP contribution is 2.28. The molecule has 1 atom stereocenters. The monoisotopic (exact) mass is 372 g/mol. The van der Waals surface area contributed by atoms with Gasteiger partial charge in [-0.2, -0.15) is 13.2 Å². The molecule has 0 radical (unpaired) electrons. The molecule has 0 saturated carbocycles. The van der Waals surface area contributed by atoms with Crippen LogP contribution in [-0.4, -0.2) is 60.7 Å². The lowest BCUT2D eigenvalue weighted by Gasteiger charge is -2.35. The van der Waals surface area contributed by atoms with Gasteiger partial charge in [0.2, 0.25) is 0 Å². The van der Waals surface area contributed by atoms with Gasteiger partial charge in [0.15, 0.2) is 0 Å². The van der Waals surface area contributed by atoms with E-state index in [9.17, 15) is 22.0 Å². The van der Waals surface area contributed by atoms with Gasteiger partial charge in [0.1, 0.15) is 0 Å². The van der Waals surface area contributed by atoms with Crippen molar-refractivity contribution in [3.8, 4) is 0 Å². The maximum absolute atomic E-state index is 12.6. The molecule has 0 N–H and O–H groups in total. The minimum Gasteiger partial charge on any atom is -0.303 e. The van der Waals surface area contributed by atoms with Crippen LogP contribution in [0.25, 0.3) is 0 Å². The maximum Gasteiger partial charge on any atom is 0.390 e. The Balaban J connectivity index is 0.000000257. The van der Waals surface area contributed by atoms with Gasteiger partial charge >= 0.3 is 6.18 Å². The molecule has 150 valence electrons. The molecule has 2 heterocycles. The average molecular weight is 372 g/mol. The minimum atomic E-state index is -4.03. The lowest BCUT2D eigenvalue weighted by molar-refractivity contribution is -0.147. The molecule has 2 fully saturated rings. The fourth-order valence-electron chi connectivity index (χ4n) is 3.35. The summed E-state index contributed by atoms with van der Waals surface area (Å²) in [6.07, 6.45) is -1.49. The molecule has 0 bridgehead atoms. The number of hydrogen-bond donors (Lipinski definition) is 0. The molecule has 2 aliphatic heterocycles. The largest absolute Gasteiger partial charge is 0.390 e. The Labute approximate surface area is 148 Å². The van der Waals surface area contributed by atoms with Gasteiger partial charge in [0.25, 0.3) is 5.92 Å². The first-order valence-corrected chi connectivity index (χ1v) is 9.43. The van der Waals surface area contributed by atoms with Gasteiger partial charge < -0.3 is 9.80 Å². The van der Waals surface area contributed by atoms with E-state index in [1.54, 1.807) is 6.92 Å². The highest BCUT2D eigenvalue weighted by Gasteiger charge is 2.34. The first-order chi connectivity index (χ1) is 11.5. The van der Waals surface area contributed by atoms with E-state index in [2.05, 4.69) is 18.7 Å². The van der Waals surface area contributed by atoms with Crippen LogP contribution in [0.15, 0.2) is 0 Å². The predicted molar refractivity (Wildman–Crippen MR) is 91.0 cm³/mol. The molecule has 1 unspecified atom stereocenters. The fourth-order valence-corrected chi connectivity index (χ4v) is 3.35. The van der Waals surface area contributed by atoms with Crippen molar-refractivity contribution >= 4 is 0 Å². The highest BCUT2D eigenvalue weighted by atomic mass is 19.4. The molecular weight excluding hydrogens is 339 g/mol. The number of alkyl halides is 5. The summed E-state index contributed by atoms with van der Waals surface area (Å²) in [5.41, 5.74) is 0. The highest BCUT2D eigenvalue weighted by molar-refractivity contribution is 4.77. The number of nitrogens with zero attached hydrogens (tertiary/aromatic N) is 2. The number of rotatable bonds is 4. The molecular formula is C18H33F5N2. The standard InChI is InChI=1S/C10H18F3N.C8H15F2N/c1-8-3-5-14(6-4-8)9(2)7-10(11,12)13;1-2-5-11-6-3-8(9,10)4-7-11/h8-9H,3-7H2,1-2H3;2-7H2,1H3. The summed E-state index contributed by atoms with van der Waals surface area (Å²) < 4.78 is 61.5. The Morgan fingerprint density at radius 3 is 2.00 bits per heavy atom. The number of hydrogen-bond acceptors (Lipinski definition) is 2. The van der Waals surface area contributed by atoms with Gasteiger partial charge in [-0.05, 0) is 51.7 Å². The first-order valence-electron chi connectivity index (χ1n) is 9.43. The van der Waals surface area contributed by atoms with Crippen molar-refractivity contribution in [1.29, 1.82) is 0 Å². The Bertz CT molecular complexity index is 355. The summed E-state index contributed by atoms with van der Waals surface area (Å²) in [6.45, 7) is 9.65. The third-order valence-corrected chi connectivity index (χ3v) is 5.10. The second kappa shape index (κ2) is 10.0. The summed E-state index contributed by atoms with van der Waals surface area (Å²) in [5.74, 6) is -1.71. The number of halogens is 5. The van der Waals surface area contributed by atoms with Gasteiger partial charge in [-0.3, -0.25) is 0 Å². The summed E-state index contributed by atoms with van der Waals surface area (Å²) in [7, 11) is 0. The van der Waals surface area contributed by atoms with Crippen LogP contribution < -0.4 is 0 Å². The van der Waals surface area contributed by atoms with E-state index < -0.39 is 18.5 Å². The van der Waals surface area contributed by atoms with Crippen molar-refractivity contribution in [1.82, 2.24) is 9.80 Å². The van der Waals surface area contributed by atoms with Crippen LogP contribution in [0.4, 0.5) is 22.0 Å². The van der Waals surface area contributed by atoms with Crippen molar-refractivity contribution in [3.05, 3.63) is 0 Å². The van der Waals surface area contributed by atoms with Crippen LogP contribution in [0.1, 0.15) is 59.3 Å². The quantitative estimate of drug-likeness (QED) is 0.627. The number of piperidine rings is 2. The second-order valence-corrected chi connectivity index (χ2v) is 7.58. The summed E-state index contributed by atoms with van der Waals surface area (Å²) in [6, 6.07) is -0.359. The van der Waals surface area contributed by atoms with Crippen molar-refractivity contribution in [2.24, 2.45) is 5.92 Å². The molecule has 7 heteroatoms. The van der Waals surface area contributed by atoms with Crippen LogP contribution in [-0.2, 0) is 0 Å². The molecule has 0 aromatic rings. The van der Waals surface area contributed by atoms with Crippen molar-refractivity contribution in [2.45, 2.75) is 77.4 Å². The van der Waals surface area contributed by atoms with Gasteiger partial charge in [0.05, 0.1) is 6.42 Å². The Kier molecular flexibility index (Phi) is 9.09. The fraction of sp³-hybridized carbons (Fsp3) is 1.00. The Morgan fingerprint density at radius 2 is 1.56 bits per heavy atom. The molecule has 0 amide bonds. The third kappa shape index (κ3) is 9.73. The van der Waals surface area contributed by atoms with Gasteiger partial charge in [-0.15, -0.1) is 0 Å². The van der Waals surface area contributed by atoms with Crippen molar-refractivity contribution in [2.75, 3.05) is 32.7 Å². The smallest absolute Gasteiger partial charge is 0.303 e. The molecule has 0 aromatic carbocycles. The summed E-state index contributed by atoms with van der Waals surface area (Å²) in [4.78, 5) is 4.06. The molecule has 25 heavy (non-hydrogen) atoms. The molecule has 0 spiro atoms. The zero-order valence-corrected chi connectivity index (χ0v) is 15.7. The first kappa shape index (κ1) is 22.6. The van der Waals surface area contributed by atoms with Gasteiger partial charge in [0, 0.05) is 32.0 Å². The second-order valence-electron chi connectivity index (χ2n) is 7.58. The molecule has 0 aliphatic carbocycles. The van der Waals surface area contributed by atoms with Crippen LogP contribution in [0, 0.1) is 5.92 Å². The molecule has 2 rings (SSSR count). The maximum atomic E-state index is 12.6. The van der Waals surface area contributed by atoms with E-state index in [0.717, 1.165) is 38.9 Å². The predicted octanol–water partition coefficient (Wildman–Crippen LogP) is 5.19. The van der Waals surface area contributed by atoms with Crippen LogP contribution >= 0.6 is 0 Å². The third-order valence-electron chi connectivity index (χ3n) is 5.10. The van der Waals surface area contributed by atoms with E-state index in [0.29, 0.717) is 19.0 Å². The van der Waals surface area contributed by atoms with E-state index in [4.69, 9.17) is 0 Å². The van der Waals surface area contributed by atoms with Crippen LogP contribution in [0.2, 0.25) is 0 Å². The molecule has 2 aliphatic rings. The zero-order chi connectivity index (χ0) is 19.1.